The molecule has 4 nitrogen and oxygen atoms in total. The van der Waals surface area contributed by atoms with Gasteiger partial charge >= 0.3 is 5.97 Å². The van der Waals surface area contributed by atoms with Crippen molar-refractivity contribution in [1.82, 2.24) is 5.32 Å². The van der Waals surface area contributed by atoms with E-state index in [-0.39, 0.29) is 17.3 Å². The van der Waals surface area contributed by atoms with E-state index in [1.165, 1.54) is 18.2 Å². The second-order valence-corrected chi connectivity index (χ2v) is 5.04. The zero-order chi connectivity index (χ0) is 15.1. The topological polar surface area (TPSA) is 66.4 Å². The maximum absolute atomic E-state index is 13.1. The lowest BCUT2D eigenvalue weighted by molar-refractivity contribution is -0.141. The van der Waals surface area contributed by atoms with Crippen LogP contribution in [0.1, 0.15) is 18.9 Å². The zero-order valence-corrected chi connectivity index (χ0v) is 12.5. The molecule has 0 aromatic heterocycles. The number of carboxylic acid groups (broad SMARTS) is 1. The number of carbonyl (C=O) groups excluding carboxylic acids is 1. The Balaban J connectivity index is 2.65. The first-order chi connectivity index (χ1) is 9.43. The van der Waals surface area contributed by atoms with Crippen LogP contribution in [0.5, 0.6) is 0 Å². The number of carboxylic acids is 1. The molecular formula is C14H15BrFNO3. The third-order valence-corrected chi connectivity index (χ3v) is 3.20. The first kappa shape index (κ1) is 16.4. The normalized spacial score (nSPS) is 12.3. The van der Waals surface area contributed by atoms with E-state index in [1.54, 1.807) is 19.1 Å². The smallest absolute Gasteiger partial charge is 0.326 e. The number of halogens is 2. The molecule has 0 aliphatic rings. The predicted octanol–water partition coefficient (Wildman–Crippen LogP) is 2.67. The molecule has 108 valence electrons. The molecular weight excluding hydrogens is 329 g/mol. The Labute approximate surface area is 124 Å². The molecule has 0 aliphatic heterocycles. The minimum Gasteiger partial charge on any atom is -0.480 e. The van der Waals surface area contributed by atoms with Crippen LogP contribution in [0.15, 0.2) is 34.8 Å². The first-order valence-electron chi connectivity index (χ1n) is 6.01. The predicted molar refractivity (Wildman–Crippen MR) is 76.8 cm³/mol. The van der Waals surface area contributed by atoms with E-state index in [0.29, 0.717) is 5.56 Å². The number of aliphatic carboxylic acids is 1. The summed E-state index contributed by atoms with van der Waals surface area (Å²) < 4.78 is 13.3. The van der Waals surface area contributed by atoms with Crippen LogP contribution in [0.2, 0.25) is 0 Å². The van der Waals surface area contributed by atoms with Gasteiger partial charge < -0.3 is 10.4 Å². The van der Waals surface area contributed by atoms with Gasteiger partial charge in [-0.05, 0) is 47.0 Å². The average Bonchev–Trinajstić information content (AvgIpc) is 2.38. The number of benzene rings is 1. The molecule has 2 N–H and O–H groups in total. The lowest BCUT2D eigenvalue weighted by Crippen LogP contribution is -2.41. The van der Waals surface area contributed by atoms with Crippen molar-refractivity contribution < 1.29 is 19.1 Å². The average molecular weight is 344 g/mol. The molecule has 1 aromatic rings. The van der Waals surface area contributed by atoms with Gasteiger partial charge in [-0.3, -0.25) is 4.79 Å². The van der Waals surface area contributed by atoms with Gasteiger partial charge in [-0.15, -0.1) is 0 Å². The van der Waals surface area contributed by atoms with E-state index >= 15 is 0 Å². The number of nitrogens with one attached hydrogen (secondary N) is 1. The number of allylic oxidation sites excluding steroid dienone is 1. The lowest BCUT2D eigenvalue weighted by Gasteiger charge is -2.12. The second kappa shape index (κ2) is 7.79. The lowest BCUT2D eigenvalue weighted by atomic mass is 10.1. The third kappa shape index (κ3) is 5.13. The molecule has 0 radical (unpaired) electrons. The highest BCUT2D eigenvalue weighted by Crippen LogP contribution is 2.17. The van der Waals surface area contributed by atoms with E-state index in [4.69, 9.17) is 5.11 Å². The molecule has 0 bridgehead atoms. The van der Waals surface area contributed by atoms with E-state index in [9.17, 15) is 14.0 Å². The van der Waals surface area contributed by atoms with Crippen molar-refractivity contribution >= 4 is 27.8 Å². The van der Waals surface area contributed by atoms with Crippen molar-refractivity contribution in [2.75, 3.05) is 0 Å². The van der Waals surface area contributed by atoms with Crippen LogP contribution in [-0.4, -0.2) is 23.0 Å². The summed E-state index contributed by atoms with van der Waals surface area (Å²) in [5.41, 5.74) is 0.603. The zero-order valence-electron chi connectivity index (χ0n) is 10.9. The number of amides is 1. The van der Waals surface area contributed by atoms with Crippen molar-refractivity contribution in [1.29, 1.82) is 0 Å². The highest BCUT2D eigenvalue weighted by molar-refractivity contribution is 9.10. The molecule has 0 saturated carbocycles. The Morgan fingerprint density at radius 1 is 1.50 bits per heavy atom. The van der Waals surface area contributed by atoms with E-state index in [0.717, 1.165) is 0 Å². The summed E-state index contributed by atoms with van der Waals surface area (Å²) in [5, 5.41) is 11.4. The van der Waals surface area contributed by atoms with Gasteiger partial charge in [0.1, 0.15) is 11.9 Å². The number of hydrogen-bond acceptors (Lipinski definition) is 2. The van der Waals surface area contributed by atoms with Crippen molar-refractivity contribution in [3.63, 3.8) is 0 Å². The Morgan fingerprint density at radius 2 is 2.20 bits per heavy atom. The molecule has 0 fully saturated rings. The van der Waals surface area contributed by atoms with E-state index in [1.807, 2.05) is 0 Å². The van der Waals surface area contributed by atoms with Crippen molar-refractivity contribution in [2.24, 2.45) is 0 Å². The molecule has 1 aromatic carbocycles. The summed E-state index contributed by atoms with van der Waals surface area (Å²) in [5.74, 6) is -1.91. The van der Waals surface area contributed by atoms with Gasteiger partial charge in [0.2, 0.25) is 5.91 Å². The number of hydrogen-bond donors (Lipinski definition) is 2. The number of carbonyl (C=O) groups is 2. The molecule has 0 saturated heterocycles. The highest BCUT2D eigenvalue weighted by Gasteiger charge is 2.18. The van der Waals surface area contributed by atoms with Crippen LogP contribution in [0.3, 0.4) is 0 Å². The quantitative estimate of drug-likeness (QED) is 0.780. The fraction of sp³-hybridized carbons (Fsp3) is 0.286. The van der Waals surface area contributed by atoms with E-state index < -0.39 is 23.7 Å². The largest absolute Gasteiger partial charge is 0.480 e. The summed E-state index contributed by atoms with van der Waals surface area (Å²) in [6.07, 6.45) is 3.62. The fourth-order valence-corrected chi connectivity index (χ4v) is 2.00. The summed E-state index contributed by atoms with van der Waals surface area (Å²) in [4.78, 5) is 22.8. The Bertz CT molecular complexity index is 531. The monoisotopic (exact) mass is 343 g/mol. The van der Waals surface area contributed by atoms with Crippen molar-refractivity contribution in [2.45, 2.75) is 25.8 Å². The second-order valence-electron chi connectivity index (χ2n) is 4.19. The van der Waals surface area contributed by atoms with Gasteiger partial charge in [0.05, 0.1) is 10.9 Å². The van der Waals surface area contributed by atoms with Crippen LogP contribution in [0, 0.1) is 5.82 Å². The van der Waals surface area contributed by atoms with Crippen molar-refractivity contribution in [3.05, 3.63) is 46.2 Å². The summed E-state index contributed by atoms with van der Waals surface area (Å²) in [6.45, 7) is 1.77. The highest BCUT2D eigenvalue weighted by atomic mass is 79.9. The first-order valence-corrected chi connectivity index (χ1v) is 6.80. The summed E-state index contributed by atoms with van der Waals surface area (Å²) in [7, 11) is 0. The third-order valence-electron chi connectivity index (χ3n) is 2.59. The molecule has 0 aliphatic carbocycles. The van der Waals surface area contributed by atoms with Gasteiger partial charge in [-0.25, -0.2) is 9.18 Å². The van der Waals surface area contributed by atoms with Crippen molar-refractivity contribution in [3.8, 4) is 0 Å². The Hall–Kier alpha value is -1.69. The van der Waals surface area contributed by atoms with Gasteiger partial charge in [0, 0.05) is 0 Å². The Morgan fingerprint density at radius 3 is 2.75 bits per heavy atom. The van der Waals surface area contributed by atoms with Gasteiger partial charge in [0.15, 0.2) is 0 Å². The molecule has 0 spiro atoms. The minimum absolute atomic E-state index is 0.00149. The molecule has 1 atom stereocenters. The van der Waals surface area contributed by atoms with Crippen LogP contribution in [-0.2, 0) is 16.0 Å². The van der Waals surface area contributed by atoms with E-state index in [2.05, 4.69) is 21.2 Å². The standard InChI is InChI=1S/C14H15BrFNO3/c1-2-3-4-12(14(19)20)17-13(18)8-9-5-6-11(16)10(15)7-9/h2-3,5-7,12H,4,8H2,1H3,(H,17,18)(H,19,20)/b3-2+. The van der Waals surface area contributed by atoms with Crippen LogP contribution >= 0.6 is 15.9 Å². The molecule has 1 unspecified atom stereocenters. The SMILES string of the molecule is C/C=C/CC(NC(=O)Cc1ccc(F)c(Br)c1)C(=O)O. The maximum atomic E-state index is 13.1. The van der Waals surface area contributed by atoms with Crippen LogP contribution in [0.25, 0.3) is 0 Å². The summed E-state index contributed by atoms with van der Waals surface area (Å²) in [6, 6.07) is 3.28. The van der Waals surface area contributed by atoms with Crippen LogP contribution < -0.4 is 5.32 Å². The van der Waals surface area contributed by atoms with Gasteiger partial charge in [-0.1, -0.05) is 18.2 Å². The van der Waals surface area contributed by atoms with Gasteiger partial charge in [-0.2, -0.15) is 0 Å². The molecule has 6 heteroatoms. The molecule has 0 heterocycles. The fourth-order valence-electron chi connectivity index (χ4n) is 1.57. The minimum atomic E-state index is -1.09. The molecule has 20 heavy (non-hydrogen) atoms. The maximum Gasteiger partial charge on any atom is 0.326 e. The summed E-state index contributed by atoms with van der Waals surface area (Å²) >= 11 is 3.03. The number of rotatable bonds is 6. The van der Waals surface area contributed by atoms with Gasteiger partial charge in [0.25, 0.3) is 0 Å². The Kier molecular flexibility index (Phi) is 6.38. The van der Waals surface area contributed by atoms with Crippen LogP contribution in [0.4, 0.5) is 4.39 Å². The molecule has 1 rings (SSSR count). The molecule has 1 amide bonds.